The van der Waals surface area contributed by atoms with E-state index < -0.39 is 0 Å². The van der Waals surface area contributed by atoms with Gasteiger partial charge >= 0.3 is 0 Å². The van der Waals surface area contributed by atoms with Crippen LogP contribution in [0, 0.1) is 0 Å². The second kappa shape index (κ2) is 8.08. The van der Waals surface area contributed by atoms with Gasteiger partial charge in [0, 0.05) is 0 Å². The first-order chi connectivity index (χ1) is 10.7. The Balaban J connectivity index is 0.00000192. The Morgan fingerprint density at radius 1 is 1.35 bits per heavy atom. The molecule has 0 aliphatic carbocycles. The Morgan fingerprint density at radius 2 is 2.13 bits per heavy atom. The number of nitrogens with zero attached hydrogens (tertiary/aromatic N) is 3. The first kappa shape index (κ1) is 17.4. The lowest BCUT2D eigenvalue weighted by Gasteiger charge is -2.23. The van der Waals surface area contributed by atoms with Gasteiger partial charge in [-0.3, -0.25) is 4.79 Å². The lowest BCUT2D eigenvalue weighted by molar-refractivity contribution is -0.124. The van der Waals surface area contributed by atoms with Crippen molar-refractivity contribution < 1.29 is 4.79 Å². The number of nitrogens with one attached hydrogen (secondary N) is 2. The fourth-order valence-electron chi connectivity index (χ4n) is 2.65. The average molecular weight is 336 g/mol. The number of hydrogen-bond donors (Lipinski definition) is 2. The Bertz CT molecular complexity index is 624. The number of piperidine rings is 1. The van der Waals surface area contributed by atoms with Gasteiger partial charge in [0.1, 0.15) is 5.69 Å². The molecular weight excluding hydrogens is 314 g/mol. The van der Waals surface area contributed by atoms with E-state index in [-0.39, 0.29) is 30.4 Å². The molecule has 1 saturated heterocycles. The van der Waals surface area contributed by atoms with Crippen molar-refractivity contribution in [2.24, 2.45) is 0 Å². The number of para-hydroxylation sites is 1. The van der Waals surface area contributed by atoms with Crippen LogP contribution in [0.2, 0.25) is 0 Å². The largest absolute Gasteiger partial charge is 0.347 e. The molecule has 0 radical (unpaired) electrons. The highest BCUT2D eigenvalue weighted by Crippen LogP contribution is 2.13. The van der Waals surface area contributed by atoms with Crippen LogP contribution in [0.15, 0.2) is 36.5 Å². The number of carbonyl (C=O) groups excluding carboxylic acids is 1. The van der Waals surface area contributed by atoms with Crippen LogP contribution in [0.25, 0.3) is 5.69 Å². The Kier molecular flexibility index (Phi) is 6.12. The smallest absolute Gasteiger partial charge is 0.237 e. The van der Waals surface area contributed by atoms with Crippen LogP contribution < -0.4 is 10.6 Å². The molecule has 0 spiro atoms. The maximum atomic E-state index is 12.2. The molecule has 2 aromatic rings. The molecule has 23 heavy (non-hydrogen) atoms. The van der Waals surface area contributed by atoms with Crippen LogP contribution in [-0.4, -0.2) is 33.5 Å². The van der Waals surface area contributed by atoms with Gasteiger partial charge in [0.15, 0.2) is 0 Å². The molecule has 1 aliphatic heterocycles. The van der Waals surface area contributed by atoms with Crippen molar-refractivity contribution in [3.8, 4) is 5.69 Å². The number of carbonyl (C=O) groups is 1. The van der Waals surface area contributed by atoms with Crippen LogP contribution >= 0.6 is 12.4 Å². The Morgan fingerprint density at radius 3 is 2.83 bits per heavy atom. The predicted octanol–water partition coefficient (Wildman–Crippen LogP) is 2.01. The second-order valence-corrected chi connectivity index (χ2v) is 5.66. The van der Waals surface area contributed by atoms with Gasteiger partial charge in [-0.15, -0.1) is 17.5 Å². The van der Waals surface area contributed by atoms with E-state index in [4.69, 9.17) is 0 Å². The van der Waals surface area contributed by atoms with Gasteiger partial charge in [-0.2, -0.15) is 0 Å². The van der Waals surface area contributed by atoms with Crippen molar-refractivity contribution >= 4 is 18.3 Å². The van der Waals surface area contributed by atoms with E-state index in [0.717, 1.165) is 37.2 Å². The minimum atomic E-state index is -0.159. The summed E-state index contributed by atoms with van der Waals surface area (Å²) in [5.41, 5.74) is 1.71. The fraction of sp³-hybridized carbons (Fsp3) is 0.438. The fourth-order valence-corrected chi connectivity index (χ4v) is 2.65. The topological polar surface area (TPSA) is 71.8 Å². The SMILES string of the molecule is CC(NC(=O)C1CCCCN1)c1cn(-c2ccccc2)nn1.Cl. The third-order valence-electron chi connectivity index (χ3n) is 3.96. The Labute approximate surface area is 142 Å². The van der Waals surface area contributed by atoms with Gasteiger partial charge in [-0.25, -0.2) is 4.68 Å². The zero-order valence-electron chi connectivity index (χ0n) is 13.1. The summed E-state index contributed by atoms with van der Waals surface area (Å²) < 4.78 is 1.72. The number of amides is 1. The van der Waals surface area contributed by atoms with Crippen LogP contribution in [-0.2, 0) is 4.79 Å². The standard InChI is InChI=1S/C16H21N5O.ClH/c1-12(18-16(22)14-9-5-6-10-17-14)15-11-21(20-19-15)13-7-3-2-4-8-13;/h2-4,7-8,11-12,14,17H,5-6,9-10H2,1H3,(H,18,22);1H. The summed E-state index contributed by atoms with van der Waals surface area (Å²) in [7, 11) is 0. The summed E-state index contributed by atoms with van der Waals surface area (Å²) >= 11 is 0. The molecule has 2 atom stereocenters. The normalized spacial score (nSPS) is 18.7. The molecule has 0 bridgehead atoms. The minimum absolute atomic E-state index is 0. The summed E-state index contributed by atoms with van der Waals surface area (Å²) in [6, 6.07) is 9.56. The van der Waals surface area contributed by atoms with E-state index in [1.54, 1.807) is 4.68 Å². The number of benzene rings is 1. The lowest BCUT2D eigenvalue weighted by Crippen LogP contribution is -2.47. The molecule has 2 heterocycles. The number of hydrogen-bond acceptors (Lipinski definition) is 4. The molecule has 1 aliphatic rings. The average Bonchev–Trinajstić information content (AvgIpc) is 3.06. The molecule has 7 heteroatoms. The quantitative estimate of drug-likeness (QED) is 0.896. The number of rotatable bonds is 4. The van der Waals surface area contributed by atoms with E-state index in [1.165, 1.54) is 0 Å². The van der Waals surface area contributed by atoms with Crippen molar-refractivity contribution in [1.82, 2.24) is 25.6 Å². The van der Waals surface area contributed by atoms with E-state index in [2.05, 4.69) is 20.9 Å². The van der Waals surface area contributed by atoms with E-state index in [9.17, 15) is 4.79 Å². The number of halogens is 1. The lowest BCUT2D eigenvalue weighted by atomic mass is 10.0. The molecule has 1 amide bonds. The van der Waals surface area contributed by atoms with Gasteiger partial charge in [-0.05, 0) is 38.4 Å². The molecule has 6 nitrogen and oxygen atoms in total. The van der Waals surface area contributed by atoms with Gasteiger partial charge < -0.3 is 10.6 Å². The molecule has 2 N–H and O–H groups in total. The maximum Gasteiger partial charge on any atom is 0.237 e. The highest BCUT2D eigenvalue weighted by atomic mass is 35.5. The zero-order chi connectivity index (χ0) is 15.4. The summed E-state index contributed by atoms with van der Waals surface area (Å²) in [6.45, 7) is 2.84. The van der Waals surface area contributed by atoms with Crippen LogP contribution in [0.5, 0.6) is 0 Å². The summed E-state index contributed by atoms with van der Waals surface area (Å²) in [6.07, 6.45) is 5.00. The van der Waals surface area contributed by atoms with E-state index in [0.29, 0.717) is 0 Å². The van der Waals surface area contributed by atoms with Gasteiger partial charge in [-0.1, -0.05) is 29.8 Å². The monoisotopic (exact) mass is 335 g/mol. The van der Waals surface area contributed by atoms with Crippen molar-refractivity contribution in [2.45, 2.75) is 38.3 Å². The molecule has 124 valence electrons. The van der Waals surface area contributed by atoms with Crippen molar-refractivity contribution in [3.05, 3.63) is 42.2 Å². The highest BCUT2D eigenvalue weighted by molar-refractivity contribution is 5.85. The highest BCUT2D eigenvalue weighted by Gasteiger charge is 2.23. The molecule has 2 unspecified atom stereocenters. The molecule has 1 fully saturated rings. The van der Waals surface area contributed by atoms with Crippen LogP contribution in [0.3, 0.4) is 0 Å². The predicted molar refractivity (Wildman–Crippen MR) is 90.8 cm³/mol. The van der Waals surface area contributed by atoms with Crippen LogP contribution in [0.1, 0.15) is 37.9 Å². The molecule has 0 saturated carbocycles. The number of aromatic nitrogens is 3. The molecular formula is C16H22ClN5O. The second-order valence-electron chi connectivity index (χ2n) is 5.66. The van der Waals surface area contributed by atoms with E-state index in [1.807, 2.05) is 43.5 Å². The van der Waals surface area contributed by atoms with Crippen LogP contribution in [0.4, 0.5) is 0 Å². The summed E-state index contributed by atoms with van der Waals surface area (Å²) in [4.78, 5) is 12.2. The maximum absolute atomic E-state index is 12.2. The van der Waals surface area contributed by atoms with Crippen molar-refractivity contribution in [3.63, 3.8) is 0 Å². The summed E-state index contributed by atoms with van der Waals surface area (Å²) in [5.74, 6) is 0.0430. The third-order valence-corrected chi connectivity index (χ3v) is 3.96. The Hall–Kier alpha value is -1.92. The molecule has 1 aromatic heterocycles. The third kappa shape index (κ3) is 4.30. The molecule has 1 aromatic carbocycles. The zero-order valence-corrected chi connectivity index (χ0v) is 13.9. The molecule has 3 rings (SSSR count). The van der Waals surface area contributed by atoms with E-state index >= 15 is 0 Å². The van der Waals surface area contributed by atoms with Crippen molar-refractivity contribution in [1.29, 1.82) is 0 Å². The first-order valence-electron chi connectivity index (χ1n) is 7.75. The van der Waals surface area contributed by atoms with Crippen molar-refractivity contribution in [2.75, 3.05) is 6.54 Å². The van der Waals surface area contributed by atoms with Gasteiger partial charge in [0.2, 0.25) is 5.91 Å². The summed E-state index contributed by atoms with van der Waals surface area (Å²) in [5, 5.41) is 14.6. The minimum Gasteiger partial charge on any atom is -0.347 e. The first-order valence-corrected chi connectivity index (χ1v) is 7.75. The van der Waals surface area contributed by atoms with Gasteiger partial charge in [0.05, 0.1) is 24.0 Å². The van der Waals surface area contributed by atoms with Gasteiger partial charge in [0.25, 0.3) is 0 Å².